The second-order valence-electron chi connectivity index (χ2n) is 3.92. The van der Waals surface area contributed by atoms with Crippen molar-refractivity contribution in [1.29, 1.82) is 0 Å². The van der Waals surface area contributed by atoms with Crippen molar-refractivity contribution in [3.8, 4) is 11.6 Å². The van der Waals surface area contributed by atoms with E-state index in [0.717, 1.165) is 21.3 Å². The first-order valence-corrected chi connectivity index (χ1v) is 6.01. The molecule has 3 nitrogen and oxygen atoms in total. The second kappa shape index (κ2) is 4.75. The lowest BCUT2D eigenvalue weighted by Crippen LogP contribution is -1.96. The molecule has 2 N–H and O–H groups in total. The van der Waals surface area contributed by atoms with E-state index in [0.29, 0.717) is 11.6 Å². The van der Waals surface area contributed by atoms with Gasteiger partial charge in [0.15, 0.2) is 0 Å². The molecule has 0 aliphatic rings. The van der Waals surface area contributed by atoms with Crippen LogP contribution in [0.1, 0.15) is 11.1 Å². The Morgan fingerprint density at radius 3 is 2.71 bits per heavy atom. The zero-order valence-corrected chi connectivity index (χ0v) is 11.3. The summed E-state index contributed by atoms with van der Waals surface area (Å²) in [6.45, 7) is 3.92. The third-order valence-corrected chi connectivity index (χ3v) is 2.87. The van der Waals surface area contributed by atoms with Gasteiger partial charge in [-0.1, -0.05) is 22.0 Å². The number of pyridine rings is 1. The molecule has 0 unspecified atom stereocenters. The number of nitrogen functional groups attached to an aromatic ring is 1. The molecule has 1 heterocycles. The van der Waals surface area contributed by atoms with E-state index in [-0.39, 0.29) is 0 Å². The number of aryl methyl sites for hydroxylation is 2. The van der Waals surface area contributed by atoms with Crippen LogP contribution in [-0.2, 0) is 0 Å². The zero-order chi connectivity index (χ0) is 12.4. The number of nitrogens with two attached hydrogens (primary N) is 1. The number of nitrogens with zero attached hydrogens (tertiary/aromatic N) is 1. The molecule has 0 radical (unpaired) electrons. The monoisotopic (exact) mass is 292 g/mol. The fourth-order valence-electron chi connectivity index (χ4n) is 1.45. The molecule has 2 aromatic rings. The zero-order valence-electron chi connectivity index (χ0n) is 9.70. The van der Waals surface area contributed by atoms with Crippen LogP contribution in [0.25, 0.3) is 0 Å². The SMILES string of the molecule is Cc1cnc(Oc2cc(Br)ccc2C)c(N)c1. The van der Waals surface area contributed by atoms with Crippen LogP contribution < -0.4 is 10.5 Å². The Kier molecular flexibility index (Phi) is 3.33. The number of hydrogen-bond acceptors (Lipinski definition) is 3. The van der Waals surface area contributed by atoms with E-state index < -0.39 is 0 Å². The highest BCUT2D eigenvalue weighted by atomic mass is 79.9. The lowest BCUT2D eigenvalue weighted by atomic mass is 10.2. The quantitative estimate of drug-likeness (QED) is 0.915. The maximum absolute atomic E-state index is 5.86. The lowest BCUT2D eigenvalue weighted by Gasteiger charge is -2.10. The van der Waals surface area contributed by atoms with Crippen LogP contribution in [0, 0.1) is 13.8 Å². The summed E-state index contributed by atoms with van der Waals surface area (Å²) in [6.07, 6.45) is 1.74. The third-order valence-electron chi connectivity index (χ3n) is 2.37. The van der Waals surface area contributed by atoms with Gasteiger partial charge < -0.3 is 10.5 Å². The van der Waals surface area contributed by atoms with Crippen LogP contribution in [0.2, 0.25) is 0 Å². The van der Waals surface area contributed by atoms with E-state index >= 15 is 0 Å². The van der Waals surface area contributed by atoms with Crippen LogP contribution in [0.4, 0.5) is 5.69 Å². The van der Waals surface area contributed by atoms with Crippen molar-refractivity contribution in [3.63, 3.8) is 0 Å². The van der Waals surface area contributed by atoms with E-state index in [9.17, 15) is 0 Å². The van der Waals surface area contributed by atoms with Gasteiger partial charge in [0.2, 0.25) is 5.88 Å². The van der Waals surface area contributed by atoms with Crippen LogP contribution in [-0.4, -0.2) is 4.98 Å². The number of rotatable bonds is 2. The molecule has 0 fully saturated rings. The first kappa shape index (κ1) is 11.9. The van der Waals surface area contributed by atoms with E-state index in [4.69, 9.17) is 10.5 Å². The summed E-state index contributed by atoms with van der Waals surface area (Å²) < 4.78 is 6.67. The molecule has 2 rings (SSSR count). The highest BCUT2D eigenvalue weighted by Gasteiger charge is 2.06. The topological polar surface area (TPSA) is 48.1 Å². The highest BCUT2D eigenvalue weighted by molar-refractivity contribution is 9.10. The largest absolute Gasteiger partial charge is 0.437 e. The van der Waals surface area contributed by atoms with Gasteiger partial charge in [-0.15, -0.1) is 0 Å². The number of ether oxygens (including phenoxy) is 1. The summed E-state index contributed by atoms with van der Waals surface area (Å²) >= 11 is 3.41. The molecule has 1 aromatic carbocycles. The van der Waals surface area contributed by atoms with Crippen molar-refractivity contribution >= 4 is 21.6 Å². The summed E-state index contributed by atoms with van der Waals surface area (Å²) in [5.74, 6) is 1.19. The summed E-state index contributed by atoms with van der Waals surface area (Å²) in [6, 6.07) is 7.68. The molecule has 0 saturated heterocycles. The standard InChI is InChI=1S/C13H13BrN2O/c1-8-5-11(15)13(16-7-8)17-12-6-10(14)4-3-9(12)2/h3-7H,15H2,1-2H3. The van der Waals surface area contributed by atoms with Gasteiger partial charge in [0.25, 0.3) is 0 Å². The minimum atomic E-state index is 0.441. The van der Waals surface area contributed by atoms with Gasteiger partial charge >= 0.3 is 0 Å². The van der Waals surface area contributed by atoms with Crippen molar-refractivity contribution in [2.24, 2.45) is 0 Å². The molecule has 0 amide bonds. The molecule has 0 spiro atoms. The fraction of sp³-hybridized carbons (Fsp3) is 0.154. The number of aromatic nitrogens is 1. The molecule has 0 bridgehead atoms. The molecule has 0 atom stereocenters. The van der Waals surface area contributed by atoms with Crippen molar-refractivity contribution < 1.29 is 4.74 Å². The Balaban J connectivity index is 2.34. The highest BCUT2D eigenvalue weighted by Crippen LogP contribution is 2.30. The van der Waals surface area contributed by atoms with Crippen LogP contribution in [0.5, 0.6) is 11.6 Å². The molecule has 4 heteroatoms. The molecular formula is C13H13BrN2O. The average molecular weight is 293 g/mol. The number of halogens is 1. The smallest absolute Gasteiger partial charge is 0.242 e. The predicted octanol–water partition coefficient (Wildman–Crippen LogP) is 3.84. The predicted molar refractivity (Wildman–Crippen MR) is 72.3 cm³/mol. The average Bonchev–Trinajstić information content (AvgIpc) is 2.27. The van der Waals surface area contributed by atoms with Crippen LogP contribution in [0.3, 0.4) is 0 Å². The number of hydrogen-bond donors (Lipinski definition) is 1. The Bertz CT molecular complexity index is 555. The minimum Gasteiger partial charge on any atom is -0.437 e. The van der Waals surface area contributed by atoms with Gasteiger partial charge in [-0.05, 0) is 43.2 Å². The first-order valence-electron chi connectivity index (χ1n) is 5.22. The van der Waals surface area contributed by atoms with Gasteiger partial charge in [-0.25, -0.2) is 4.98 Å². The molecule has 88 valence electrons. The molecule has 0 saturated carbocycles. The molecule has 1 aromatic heterocycles. The Labute approximate surface area is 109 Å². The minimum absolute atomic E-state index is 0.441. The molecule has 0 aliphatic carbocycles. The molecule has 17 heavy (non-hydrogen) atoms. The van der Waals surface area contributed by atoms with Gasteiger partial charge in [0, 0.05) is 10.7 Å². The Hall–Kier alpha value is -1.55. The number of benzene rings is 1. The summed E-state index contributed by atoms with van der Waals surface area (Å²) in [5, 5.41) is 0. The van der Waals surface area contributed by atoms with Gasteiger partial charge in [-0.2, -0.15) is 0 Å². The van der Waals surface area contributed by atoms with Gasteiger partial charge in [0.05, 0.1) is 5.69 Å². The number of anilines is 1. The van der Waals surface area contributed by atoms with E-state index in [2.05, 4.69) is 20.9 Å². The summed E-state index contributed by atoms with van der Waals surface area (Å²) in [5.41, 5.74) is 8.46. The Morgan fingerprint density at radius 2 is 2.00 bits per heavy atom. The van der Waals surface area contributed by atoms with Crippen molar-refractivity contribution in [1.82, 2.24) is 4.98 Å². The van der Waals surface area contributed by atoms with Gasteiger partial charge in [-0.3, -0.25) is 0 Å². The lowest BCUT2D eigenvalue weighted by molar-refractivity contribution is 0.461. The first-order chi connectivity index (χ1) is 8.06. The summed E-state index contributed by atoms with van der Waals surface area (Å²) in [4.78, 5) is 4.18. The second-order valence-corrected chi connectivity index (χ2v) is 4.83. The van der Waals surface area contributed by atoms with E-state index in [1.54, 1.807) is 6.20 Å². The van der Waals surface area contributed by atoms with Crippen molar-refractivity contribution in [2.75, 3.05) is 5.73 Å². The molecular weight excluding hydrogens is 280 g/mol. The van der Waals surface area contributed by atoms with E-state index in [1.165, 1.54) is 0 Å². The third kappa shape index (κ3) is 2.77. The van der Waals surface area contributed by atoms with Crippen molar-refractivity contribution in [3.05, 3.63) is 46.1 Å². The molecule has 0 aliphatic heterocycles. The van der Waals surface area contributed by atoms with Crippen molar-refractivity contribution in [2.45, 2.75) is 13.8 Å². The normalized spacial score (nSPS) is 10.3. The Morgan fingerprint density at radius 1 is 1.24 bits per heavy atom. The fourth-order valence-corrected chi connectivity index (χ4v) is 1.79. The van der Waals surface area contributed by atoms with E-state index in [1.807, 2.05) is 38.1 Å². The van der Waals surface area contributed by atoms with Crippen LogP contribution in [0.15, 0.2) is 34.9 Å². The maximum atomic E-state index is 5.86. The summed E-state index contributed by atoms with van der Waals surface area (Å²) in [7, 11) is 0. The van der Waals surface area contributed by atoms with Gasteiger partial charge in [0.1, 0.15) is 5.75 Å². The maximum Gasteiger partial charge on any atom is 0.242 e. The van der Waals surface area contributed by atoms with Crippen LogP contribution >= 0.6 is 15.9 Å².